The monoisotopic (exact) mass is 169 g/mol. The van der Waals surface area contributed by atoms with Crippen LogP contribution >= 0.6 is 12.6 Å². The maximum absolute atomic E-state index is 9.76. The van der Waals surface area contributed by atoms with Crippen molar-refractivity contribution in [3.8, 4) is 0 Å². The Morgan fingerprint density at radius 2 is 2.00 bits per heavy atom. The predicted octanol–water partition coefficient (Wildman–Crippen LogP) is -0.179. The normalized spacial score (nSPS) is 11.9. The summed E-state index contributed by atoms with van der Waals surface area (Å²) in [7, 11) is 0. The smallest absolute Gasteiger partial charge is 0.385 e. The van der Waals surface area contributed by atoms with Crippen molar-refractivity contribution in [2.75, 3.05) is 0 Å². The van der Waals surface area contributed by atoms with E-state index in [-0.39, 0.29) is 17.1 Å². The van der Waals surface area contributed by atoms with Gasteiger partial charge in [0.05, 0.1) is 0 Å². The SMILES string of the molecule is CC(O)C(=O)S.[Cu+]. The van der Waals surface area contributed by atoms with Crippen molar-refractivity contribution in [2.24, 2.45) is 0 Å². The van der Waals surface area contributed by atoms with Crippen LogP contribution in [0.25, 0.3) is 0 Å². The molecule has 1 unspecified atom stereocenters. The number of hydrogen-bond acceptors (Lipinski definition) is 2. The molecule has 1 atom stereocenters. The van der Waals surface area contributed by atoms with E-state index < -0.39 is 11.2 Å². The van der Waals surface area contributed by atoms with Crippen molar-refractivity contribution in [2.45, 2.75) is 13.0 Å². The first kappa shape index (κ1) is 10.5. The van der Waals surface area contributed by atoms with Gasteiger partial charge in [-0.1, -0.05) is 0 Å². The number of aliphatic hydroxyl groups excluding tert-OH is 1. The maximum atomic E-state index is 9.76. The Balaban J connectivity index is 0. The second kappa shape index (κ2) is 4.65. The van der Waals surface area contributed by atoms with Crippen LogP contribution in [0.1, 0.15) is 6.92 Å². The summed E-state index contributed by atoms with van der Waals surface area (Å²) in [5.41, 5.74) is 0. The van der Waals surface area contributed by atoms with Gasteiger partial charge in [0, 0.05) is 0 Å². The van der Waals surface area contributed by atoms with Crippen LogP contribution in [0, 0.1) is 0 Å². The molecule has 0 saturated heterocycles. The zero-order valence-electron chi connectivity index (χ0n) is 3.68. The van der Waals surface area contributed by atoms with E-state index in [0.717, 1.165) is 0 Å². The fourth-order valence-corrected chi connectivity index (χ4v) is 0. The van der Waals surface area contributed by atoms with Gasteiger partial charge in [0.25, 0.3) is 0 Å². The van der Waals surface area contributed by atoms with Crippen molar-refractivity contribution >= 4 is 17.7 Å². The molecule has 1 N–H and O–H groups in total. The third-order valence-corrected chi connectivity index (χ3v) is 0.731. The average Bonchev–Trinajstić information content (AvgIpc) is 1.36. The molecule has 0 amide bonds. The molecule has 0 aliphatic rings. The van der Waals surface area contributed by atoms with Gasteiger partial charge in [0.1, 0.15) is 6.10 Å². The number of carbonyl (C=O) groups excluding carboxylic acids is 1. The molecule has 7 heavy (non-hydrogen) atoms. The minimum Gasteiger partial charge on any atom is -0.385 e. The van der Waals surface area contributed by atoms with E-state index in [1.807, 2.05) is 0 Å². The number of aliphatic hydroxyl groups is 1. The number of hydrogen-bond donors (Lipinski definition) is 2. The van der Waals surface area contributed by atoms with Crippen LogP contribution in [0.4, 0.5) is 0 Å². The van der Waals surface area contributed by atoms with Crippen LogP contribution in [0.3, 0.4) is 0 Å². The van der Waals surface area contributed by atoms with Crippen LogP contribution in [0.5, 0.6) is 0 Å². The maximum Gasteiger partial charge on any atom is 1.00 e. The summed E-state index contributed by atoms with van der Waals surface area (Å²) < 4.78 is 0. The predicted molar refractivity (Wildman–Crippen MR) is 25.7 cm³/mol. The molecule has 0 aromatic carbocycles. The zero-order valence-corrected chi connectivity index (χ0v) is 5.52. The van der Waals surface area contributed by atoms with Gasteiger partial charge in [-0.25, -0.2) is 0 Å². The first-order valence-electron chi connectivity index (χ1n) is 1.55. The van der Waals surface area contributed by atoms with Crippen molar-refractivity contribution in [3.63, 3.8) is 0 Å². The first-order chi connectivity index (χ1) is 2.64. The Morgan fingerprint density at radius 3 is 2.00 bits per heavy atom. The second-order valence-corrected chi connectivity index (χ2v) is 1.45. The van der Waals surface area contributed by atoms with Crippen LogP contribution in [0.2, 0.25) is 0 Å². The Hall–Kier alpha value is 0.499. The minimum atomic E-state index is -0.923. The molecule has 0 aliphatic heterocycles. The van der Waals surface area contributed by atoms with Crippen molar-refractivity contribution in [3.05, 3.63) is 0 Å². The molecular weight excluding hydrogens is 164 g/mol. The summed E-state index contributed by atoms with van der Waals surface area (Å²) in [4.78, 5) is 9.76. The Morgan fingerprint density at radius 1 is 1.86 bits per heavy atom. The number of thiol groups is 1. The van der Waals surface area contributed by atoms with E-state index in [1.54, 1.807) is 0 Å². The topological polar surface area (TPSA) is 37.3 Å². The quantitative estimate of drug-likeness (QED) is 0.422. The molecule has 0 bridgehead atoms. The summed E-state index contributed by atoms with van der Waals surface area (Å²) in [5, 5.41) is 7.71. The Bertz CT molecular complexity index is 64.0. The average molecular weight is 170 g/mol. The zero-order chi connectivity index (χ0) is 5.15. The minimum absolute atomic E-state index is 0. The van der Waals surface area contributed by atoms with Gasteiger partial charge >= 0.3 is 17.1 Å². The molecule has 0 radical (unpaired) electrons. The summed E-state index contributed by atoms with van der Waals surface area (Å²) >= 11 is 3.30. The largest absolute Gasteiger partial charge is 1.00 e. The molecule has 0 heterocycles. The molecule has 0 rings (SSSR count). The fraction of sp³-hybridized carbons (Fsp3) is 0.667. The summed E-state index contributed by atoms with van der Waals surface area (Å²) in [6.07, 6.45) is -0.923. The van der Waals surface area contributed by atoms with E-state index in [1.165, 1.54) is 6.92 Å². The van der Waals surface area contributed by atoms with Crippen LogP contribution in [-0.2, 0) is 21.9 Å². The van der Waals surface area contributed by atoms with E-state index in [4.69, 9.17) is 5.11 Å². The second-order valence-electron chi connectivity index (χ2n) is 1.01. The van der Waals surface area contributed by atoms with Gasteiger partial charge in [0.2, 0.25) is 5.12 Å². The third kappa shape index (κ3) is 6.50. The first-order valence-corrected chi connectivity index (χ1v) is 2.00. The Labute approximate surface area is 58.2 Å². The molecular formula is C3H6CuO2S+. The molecule has 0 aromatic heterocycles. The van der Waals surface area contributed by atoms with Crippen molar-refractivity contribution in [1.82, 2.24) is 0 Å². The van der Waals surface area contributed by atoms with Crippen LogP contribution in [-0.4, -0.2) is 16.3 Å². The number of rotatable bonds is 1. The molecule has 0 saturated carbocycles. The van der Waals surface area contributed by atoms with Crippen LogP contribution in [0.15, 0.2) is 0 Å². The van der Waals surface area contributed by atoms with E-state index in [9.17, 15) is 4.79 Å². The molecule has 0 fully saturated rings. The fourth-order valence-electron chi connectivity index (χ4n) is 0. The molecule has 2 nitrogen and oxygen atoms in total. The van der Waals surface area contributed by atoms with Gasteiger partial charge in [0.15, 0.2) is 0 Å². The van der Waals surface area contributed by atoms with E-state index in [0.29, 0.717) is 0 Å². The van der Waals surface area contributed by atoms with Gasteiger partial charge in [-0.2, -0.15) is 0 Å². The van der Waals surface area contributed by atoms with Gasteiger partial charge in [-0.05, 0) is 6.92 Å². The number of carbonyl (C=O) groups is 1. The van der Waals surface area contributed by atoms with Gasteiger partial charge in [-0.15, -0.1) is 12.6 Å². The van der Waals surface area contributed by atoms with Gasteiger partial charge < -0.3 is 5.11 Å². The molecule has 46 valence electrons. The van der Waals surface area contributed by atoms with Crippen molar-refractivity contribution in [1.29, 1.82) is 0 Å². The molecule has 0 aliphatic carbocycles. The van der Waals surface area contributed by atoms with E-state index >= 15 is 0 Å². The molecule has 0 spiro atoms. The van der Waals surface area contributed by atoms with Crippen LogP contribution < -0.4 is 0 Å². The van der Waals surface area contributed by atoms with Crippen molar-refractivity contribution < 1.29 is 27.0 Å². The third-order valence-electron chi connectivity index (χ3n) is 0.357. The van der Waals surface area contributed by atoms with Gasteiger partial charge in [-0.3, -0.25) is 4.79 Å². The molecule has 4 heteroatoms. The van der Waals surface area contributed by atoms with E-state index in [2.05, 4.69) is 12.6 Å². The standard InChI is InChI=1S/C3H6O2S.Cu/c1-2(4)3(5)6;/h2,4H,1H3,(H,5,6);/q;+1. The summed E-state index contributed by atoms with van der Waals surface area (Å²) in [5.74, 6) is 0. The summed E-state index contributed by atoms with van der Waals surface area (Å²) in [6, 6.07) is 0. The molecule has 0 aromatic rings. The summed E-state index contributed by atoms with van der Waals surface area (Å²) in [6.45, 7) is 1.37. The Kier molecular flexibility index (Phi) is 6.96.